The van der Waals surface area contributed by atoms with Gasteiger partial charge < -0.3 is 9.30 Å². The number of nitrogens with zero attached hydrogens (tertiary/aromatic N) is 7. The summed E-state index contributed by atoms with van der Waals surface area (Å²) in [6.07, 6.45) is -10.1. The molecular weight excluding hydrogens is 907 g/mol. The Hall–Kier alpha value is -8.53. The average molecular weight is 933 g/mol. The van der Waals surface area contributed by atoms with Crippen molar-refractivity contribution in [1.29, 1.82) is 10.5 Å². The molecule has 0 radical (unpaired) electrons. The monoisotopic (exact) mass is 932 g/mol. The van der Waals surface area contributed by atoms with Gasteiger partial charge in [-0.15, -0.1) is 0 Å². The quantitative estimate of drug-likeness (QED) is 0.127. The third kappa shape index (κ3) is 8.47. The molecule has 0 spiro atoms. The molecule has 4 aromatic carbocycles. The van der Waals surface area contributed by atoms with Gasteiger partial charge in [-0.05, 0) is 67.9 Å². The van der Waals surface area contributed by atoms with E-state index in [-0.39, 0.29) is 40.3 Å². The first-order valence-corrected chi connectivity index (χ1v) is 19.2. The van der Waals surface area contributed by atoms with Gasteiger partial charge in [0.15, 0.2) is 16.9 Å². The maximum Gasteiger partial charge on any atom is 0.435 e. The number of alkyl halides is 6. The van der Waals surface area contributed by atoms with Crippen LogP contribution in [0.25, 0.3) is 56.1 Å². The number of carbonyl (C=O) groups excluding carboxylic acids is 1. The summed E-state index contributed by atoms with van der Waals surface area (Å²) in [6.45, 7) is 2.76. The van der Waals surface area contributed by atoms with Gasteiger partial charge in [0.1, 0.15) is 34.6 Å². The minimum atomic E-state index is -5.10. The largest absolute Gasteiger partial charge is 0.462 e. The van der Waals surface area contributed by atoms with Crippen LogP contribution in [0.1, 0.15) is 45.4 Å². The third-order valence-corrected chi connectivity index (χ3v) is 10.2. The number of H-pyrrole nitrogens is 1. The maximum absolute atomic E-state index is 14.6. The molecule has 0 aliphatic heterocycles. The summed E-state index contributed by atoms with van der Waals surface area (Å²) in [4.78, 5) is 43.0. The van der Waals surface area contributed by atoms with E-state index in [0.29, 0.717) is 32.3 Å². The lowest BCUT2D eigenvalue weighted by Crippen LogP contribution is -2.26. The van der Waals surface area contributed by atoms with Crippen LogP contribution in [0, 0.1) is 52.9 Å². The van der Waals surface area contributed by atoms with Crippen LogP contribution < -0.4 is 11.1 Å². The van der Waals surface area contributed by atoms with Crippen molar-refractivity contribution >= 4 is 17.3 Å². The van der Waals surface area contributed by atoms with Gasteiger partial charge in [0.05, 0.1) is 52.4 Å². The van der Waals surface area contributed by atoms with Crippen LogP contribution in [-0.4, -0.2) is 41.4 Å². The van der Waals surface area contributed by atoms with Gasteiger partial charge >= 0.3 is 18.3 Å². The van der Waals surface area contributed by atoms with Crippen molar-refractivity contribution in [3.63, 3.8) is 0 Å². The fraction of sp³-hybridized carbons (Fsp3) is 0.133. The second-order valence-electron chi connectivity index (χ2n) is 14.3. The zero-order valence-corrected chi connectivity index (χ0v) is 34.3. The molecule has 8 aromatic rings. The summed E-state index contributed by atoms with van der Waals surface area (Å²) in [5.74, 6) is -5.66. The number of fused-ring (bicyclic) bond motifs is 2. The smallest absolute Gasteiger partial charge is 0.435 e. The van der Waals surface area contributed by atoms with Gasteiger partial charge in [-0.25, -0.2) is 27.3 Å². The zero-order valence-electron chi connectivity index (χ0n) is 34.3. The lowest BCUT2D eigenvalue weighted by molar-refractivity contribution is -0.141. The summed E-state index contributed by atoms with van der Waals surface area (Å²) in [6, 6.07) is 19.5. The second kappa shape index (κ2) is 17.5. The third-order valence-electron chi connectivity index (χ3n) is 10.2. The van der Waals surface area contributed by atoms with Crippen molar-refractivity contribution in [2.24, 2.45) is 7.05 Å². The molecule has 67 heavy (non-hydrogen) atoms. The van der Waals surface area contributed by atoms with E-state index in [2.05, 4.69) is 10.1 Å². The standard InChI is InChI=1S/C23H13F5N4O3.C22H13F5N4O/c1-2-35-22(34)17-18(12-5-3-11(10-29)4-6-12)30-20-16(14-8-7-13(24)9-15(14)25)19(23(26,27)28)31-32(20)21(17)33;1-11-18(13-5-3-12(10-28)4-6-13)30(2)20-17(15-8-7-14(23)9-16(15)24)19(22(25,26)27)29-31(20)21(11)32/h3-9,31H,2H2,1H3;3-9H,1-2H3. The second-order valence-corrected chi connectivity index (χ2v) is 14.3. The Labute approximate surface area is 368 Å². The van der Waals surface area contributed by atoms with Crippen molar-refractivity contribution < 1.29 is 53.4 Å². The predicted octanol–water partition coefficient (Wildman–Crippen LogP) is 9.55. The van der Waals surface area contributed by atoms with Crippen LogP contribution in [0.4, 0.5) is 43.9 Å². The molecular formula is C45H26F10N8O4. The minimum Gasteiger partial charge on any atom is -0.462 e. The average Bonchev–Trinajstić information content (AvgIpc) is 3.88. The number of benzene rings is 4. The number of aromatic amines is 1. The van der Waals surface area contributed by atoms with Gasteiger partial charge in [-0.3, -0.25) is 14.7 Å². The Morgan fingerprint density at radius 2 is 1.27 bits per heavy atom. The van der Waals surface area contributed by atoms with E-state index in [1.165, 1.54) is 61.9 Å². The molecule has 22 heteroatoms. The normalized spacial score (nSPS) is 11.6. The summed E-state index contributed by atoms with van der Waals surface area (Å²) in [5.41, 5.74) is -8.21. The van der Waals surface area contributed by atoms with Crippen molar-refractivity contribution in [1.82, 2.24) is 28.8 Å². The molecule has 0 fully saturated rings. The highest BCUT2D eigenvalue weighted by Crippen LogP contribution is 2.42. The topological polar surface area (TPSA) is 163 Å². The number of rotatable bonds is 6. The fourth-order valence-electron chi connectivity index (χ4n) is 7.25. The molecule has 0 aliphatic carbocycles. The summed E-state index contributed by atoms with van der Waals surface area (Å²) >= 11 is 0. The van der Waals surface area contributed by atoms with Crippen molar-refractivity contribution in [3.8, 4) is 56.9 Å². The Kier molecular flexibility index (Phi) is 12.1. The number of hydrogen-bond acceptors (Lipinski definition) is 8. The lowest BCUT2D eigenvalue weighted by atomic mass is 10.0. The Balaban J connectivity index is 0.000000200. The number of aryl methyl sites for hydroxylation is 1. The van der Waals surface area contributed by atoms with Crippen LogP contribution in [0.15, 0.2) is 94.5 Å². The van der Waals surface area contributed by atoms with Gasteiger partial charge in [0.25, 0.3) is 11.1 Å². The SMILES string of the molecule is CCOC(=O)c1c(-c2ccc(C#N)cc2)nc2c(-c3ccc(F)cc3F)c(C(F)(F)F)[nH]n2c1=O.Cc1c(-c2ccc(C#N)cc2)n(C)c2c(-c3ccc(F)cc3F)c(C(F)(F)F)nn2c1=O. The zero-order chi connectivity index (χ0) is 48.9. The number of nitrogens with one attached hydrogen (secondary N) is 1. The molecule has 1 N–H and O–H groups in total. The van der Waals surface area contributed by atoms with Crippen LogP contribution in [0.3, 0.4) is 0 Å². The van der Waals surface area contributed by atoms with Gasteiger partial charge in [0, 0.05) is 41.4 Å². The summed E-state index contributed by atoms with van der Waals surface area (Å²) < 4.78 is 146. The molecule has 0 amide bonds. The van der Waals surface area contributed by atoms with E-state index in [9.17, 15) is 58.3 Å². The summed E-state index contributed by atoms with van der Waals surface area (Å²) in [7, 11) is 1.42. The first kappa shape index (κ1) is 46.5. The van der Waals surface area contributed by atoms with E-state index in [4.69, 9.17) is 15.3 Å². The van der Waals surface area contributed by atoms with E-state index < -0.39 is 97.6 Å². The molecule has 0 saturated heterocycles. The molecule has 0 atom stereocenters. The highest BCUT2D eigenvalue weighted by Gasteiger charge is 2.42. The number of halogens is 10. The highest BCUT2D eigenvalue weighted by atomic mass is 19.4. The summed E-state index contributed by atoms with van der Waals surface area (Å²) in [5, 5.41) is 23.3. The van der Waals surface area contributed by atoms with Gasteiger partial charge in [0.2, 0.25) is 0 Å². The molecule has 0 unspecified atom stereocenters. The molecule has 12 nitrogen and oxygen atoms in total. The first-order chi connectivity index (χ1) is 31.6. The number of ether oxygens (including phenoxy) is 1. The molecule has 0 bridgehead atoms. The molecule has 340 valence electrons. The molecule has 4 aromatic heterocycles. The molecule has 0 aliphatic rings. The molecule has 8 rings (SSSR count). The number of aromatic nitrogens is 6. The lowest BCUT2D eigenvalue weighted by Gasteiger charge is -2.16. The van der Waals surface area contributed by atoms with Crippen molar-refractivity contribution in [2.45, 2.75) is 26.2 Å². The fourth-order valence-corrected chi connectivity index (χ4v) is 7.25. The minimum absolute atomic E-state index is 0.104. The van der Waals surface area contributed by atoms with Crippen molar-refractivity contribution in [3.05, 3.63) is 163 Å². The van der Waals surface area contributed by atoms with E-state index in [1.54, 1.807) is 12.1 Å². The molecule has 4 heterocycles. The Morgan fingerprint density at radius 1 is 0.746 bits per heavy atom. The number of nitriles is 2. The van der Waals surface area contributed by atoms with Crippen molar-refractivity contribution in [2.75, 3.05) is 6.61 Å². The molecule has 0 saturated carbocycles. The van der Waals surface area contributed by atoms with Gasteiger partial charge in [-0.1, -0.05) is 24.3 Å². The highest BCUT2D eigenvalue weighted by molar-refractivity contribution is 5.97. The number of esters is 1. The van der Waals surface area contributed by atoms with E-state index in [1.807, 2.05) is 17.2 Å². The first-order valence-electron chi connectivity index (χ1n) is 19.2. The van der Waals surface area contributed by atoms with Gasteiger partial charge in [-0.2, -0.15) is 51.0 Å². The maximum atomic E-state index is 14.6. The van der Waals surface area contributed by atoms with Crippen LogP contribution in [-0.2, 0) is 24.1 Å². The Morgan fingerprint density at radius 3 is 1.75 bits per heavy atom. The van der Waals surface area contributed by atoms with Crippen LogP contribution in [0.5, 0.6) is 0 Å². The van der Waals surface area contributed by atoms with E-state index in [0.717, 1.165) is 24.3 Å². The number of carbonyl (C=O) groups is 1. The number of hydrogen-bond donors (Lipinski definition) is 1. The van der Waals surface area contributed by atoms with Crippen LogP contribution >= 0.6 is 0 Å². The Bertz CT molecular complexity index is 3500. The van der Waals surface area contributed by atoms with Crippen LogP contribution in [0.2, 0.25) is 0 Å². The predicted molar refractivity (Wildman–Crippen MR) is 218 cm³/mol. The van der Waals surface area contributed by atoms with E-state index >= 15 is 0 Å².